The van der Waals surface area contributed by atoms with E-state index in [4.69, 9.17) is 4.74 Å². The quantitative estimate of drug-likeness (QED) is 0.745. The van der Waals surface area contributed by atoms with Crippen molar-refractivity contribution < 1.29 is 18.7 Å². The van der Waals surface area contributed by atoms with Crippen LogP contribution in [0.4, 0.5) is 9.18 Å². The number of esters is 1. The van der Waals surface area contributed by atoms with Gasteiger partial charge in [0.2, 0.25) is 0 Å². The van der Waals surface area contributed by atoms with E-state index in [0.29, 0.717) is 13.2 Å². The zero-order valence-electron chi connectivity index (χ0n) is 15.3. The number of nitrogens with one attached hydrogen (secondary N) is 2. The Bertz CT molecular complexity index is 769. The number of hydrogen-bond donors (Lipinski definition) is 2. The highest BCUT2D eigenvalue weighted by Crippen LogP contribution is 2.21. The van der Waals surface area contributed by atoms with Crippen molar-refractivity contribution in [3.8, 4) is 5.69 Å². The van der Waals surface area contributed by atoms with Gasteiger partial charge in [0.1, 0.15) is 5.82 Å². The van der Waals surface area contributed by atoms with Crippen LogP contribution in [0.1, 0.15) is 30.3 Å². The number of hydrogen-bond acceptors (Lipinski definition) is 3. The first-order valence-electron chi connectivity index (χ1n) is 8.53. The van der Waals surface area contributed by atoms with Crippen LogP contribution in [0.5, 0.6) is 0 Å². The highest BCUT2D eigenvalue weighted by atomic mass is 19.1. The molecule has 0 aliphatic rings. The Morgan fingerprint density at radius 2 is 1.85 bits per heavy atom. The molecule has 26 heavy (non-hydrogen) atoms. The molecule has 0 aliphatic heterocycles. The van der Waals surface area contributed by atoms with Crippen molar-refractivity contribution in [1.29, 1.82) is 0 Å². The van der Waals surface area contributed by atoms with E-state index in [0.717, 1.165) is 22.6 Å². The number of nitrogens with zero attached hydrogens (tertiary/aromatic N) is 1. The highest BCUT2D eigenvalue weighted by Gasteiger charge is 2.12. The molecule has 2 amide bonds. The zero-order valence-corrected chi connectivity index (χ0v) is 15.3. The van der Waals surface area contributed by atoms with Crippen LogP contribution in [0.15, 0.2) is 30.3 Å². The summed E-state index contributed by atoms with van der Waals surface area (Å²) in [5.74, 6) is -0.617. The molecule has 2 N–H and O–H groups in total. The number of ether oxygens (including phenoxy) is 1. The maximum atomic E-state index is 13.1. The summed E-state index contributed by atoms with van der Waals surface area (Å²) in [6.45, 7) is 6.55. The molecule has 0 fully saturated rings. The summed E-state index contributed by atoms with van der Waals surface area (Å²) in [5, 5.41) is 5.39. The minimum Gasteiger partial charge on any atom is -0.466 e. The number of aryl methyl sites for hydroxylation is 1. The molecule has 0 radical (unpaired) electrons. The van der Waals surface area contributed by atoms with Gasteiger partial charge in [-0.05, 0) is 56.7 Å². The van der Waals surface area contributed by atoms with Crippen LogP contribution < -0.4 is 10.6 Å². The van der Waals surface area contributed by atoms with Gasteiger partial charge in [0.25, 0.3) is 0 Å². The Kier molecular flexibility index (Phi) is 6.77. The molecule has 0 bridgehead atoms. The summed E-state index contributed by atoms with van der Waals surface area (Å²) in [7, 11) is 0. The van der Waals surface area contributed by atoms with Gasteiger partial charge in [-0.15, -0.1) is 0 Å². The van der Waals surface area contributed by atoms with E-state index in [1.54, 1.807) is 19.1 Å². The Labute approximate surface area is 152 Å². The lowest BCUT2D eigenvalue weighted by Gasteiger charge is -2.11. The molecule has 0 saturated heterocycles. The molecule has 140 valence electrons. The number of benzene rings is 1. The highest BCUT2D eigenvalue weighted by molar-refractivity contribution is 5.75. The second-order valence-electron chi connectivity index (χ2n) is 5.87. The van der Waals surface area contributed by atoms with Gasteiger partial charge >= 0.3 is 12.0 Å². The monoisotopic (exact) mass is 361 g/mol. The normalized spacial score (nSPS) is 10.5. The number of urea groups is 1. The van der Waals surface area contributed by atoms with Crippen molar-refractivity contribution in [2.75, 3.05) is 13.2 Å². The van der Waals surface area contributed by atoms with Gasteiger partial charge < -0.3 is 19.9 Å². The maximum absolute atomic E-state index is 13.1. The van der Waals surface area contributed by atoms with Gasteiger partial charge in [-0.2, -0.15) is 0 Å². The Balaban J connectivity index is 1.92. The number of carbonyl (C=O) groups is 2. The predicted octanol–water partition coefficient (Wildman–Crippen LogP) is 2.99. The molecule has 1 heterocycles. The van der Waals surface area contributed by atoms with E-state index >= 15 is 0 Å². The first-order valence-corrected chi connectivity index (χ1v) is 8.53. The largest absolute Gasteiger partial charge is 0.466 e. The van der Waals surface area contributed by atoms with Crippen LogP contribution in [0.3, 0.4) is 0 Å². The van der Waals surface area contributed by atoms with E-state index in [1.807, 2.05) is 24.5 Å². The SMILES string of the molecule is CCOC(=O)CCNC(=O)NCc1cc(C)n(-c2ccc(F)cc2)c1C. The lowest BCUT2D eigenvalue weighted by molar-refractivity contribution is -0.142. The summed E-state index contributed by atoms with van der Waals surface area (Å²) in [6, 6.07) is 7.91. The predicted molar refractivity (Wildman–Crippen MR) is 96.7 cm³/mol. The van der Waals surface area contributed by atoms with Crippen molar-refractivity contribution in [1.82, 2.24) is 15.2 Å². The first-order chi connectivity index (χ1) is 12.4. The third kappa shape index (κ3) is 5.08. The van der Waals surface area contributed by atoms with Crippen molar-refractivity contribution >= 4 is 12.0 Å². The van der Waals surface area contributed by atoms with Gasteiger partial charge in [0, 0.05) is 30.2 Å². The van der Waals surface area contributed by atoms with E-state index in [-0.39, 0.29) is 30.8 Å². The Hall–Kier alpha value is -2.83. The van der Waals surface area contributed by atoms with Crippen LogP contribution in [0.2, 0.25) is 0 Å². The molecule has 0 spiro atoms. The summed E-state index contributed by atoms with van der Waals surface area (Å²) in [6.07, 6.45) is 0.139. The smallest absolute Gasteiger partial charge is 0.315 e. The second-order valence-corrected chi connectivity index (χ2v) is 5.87. The molecular weight excluding hydrogens is 337 g/mol. The molecule has 1 aromatic carbocycles. The Morgan fingerprint density at radius 3 is 2.50 bits per heavy atom. The fraction of sp³-hybridized carbons (Fsp3) is 0.368. The first kappa shape index (κ1) is 19.5. The van der Waals surface area contributed by atoms with Crippen LogP contribution in [0.25, 0.3) is 5.69 Å². The average molecular weight is 361 g/mol. The van der Waals surface area contributed by atoms with Crippen molar-refractivity contribution in [3.05, 3.63) is 53.1 Å². The molecule has 6 nitrogen and oxygen atoms in total. The third-order valence-corrected chi connectivity index (χ3v) is 3.98. The lowest BCUT2D eigenvalue weighted by atomic mass is 10.2. The molecule has 0 unspecified atom stereocenters. The molecule has 2 rings (SSSR count). The van der Waals surface area contributed by atoms with Crippen molar-refractivity contribution in [2.45, 2.75) is 33.7 Å². The number of carbonyl (C=O) groups excluding carboxylic acids is 2. The van der Waals surface area contributed by atoms with E-state index in [2.05, 4.69) is 10.6 Å². The summed E-state index contributed by atoms with van der Waals surface area (Å²) >= 11 is 0. The fourth-order valence-corrected chi connectivity index (χ4v) is 2.74. The van der Waals surface area contributed by atoms with Gasteiger partial charge in [0.05, 0.1) is 13.0 Å². The number of aromatic nitrogens is 1. The standard InChI is InChI=1S/C19H24FN3O3/c1-4-26-18(24)9-10-21-19(25)22-12-15-11-13(2)23(14(15)3)17-7-5-16(20)6-8-17/h5-8,11H,4,9-10,12H2,1-3H3,(H2,21,22,25). The molecule has 2 aromatic rings. The fourth-order valence-electron chi connectivity index (χ4n) is 2.74. The van der Waals surface area contributed by atoms with Crippen molar-refractivity contribution in [3.63, 3.8) is 0 Å². The second kappa shape index (κ2) is 9.03. The zero-order chi connectivity index (χ0) is 19.1. The van der Waals surface area contributed by atoms with Crippen LogP contribution in [0, 0.1) is 19.7 Å². The maximum Gasteiger partial charge on any atom is 0.315 e. The van der Waals surface area contributed by atoms with Gasteiger partial charge in [-0.25, -0.2) is 9.18 Å². The molecule has 0 saturated carbocycles. The van der Waals surface area contributed by atoms with Gasteiger partial charge in [-0.3, -0.25) is 4.79 Å². The van der Waals surface area contributed by atoms with E-state index < -0.39 is 0 Å². The van der Waals surface area contributed by atoms with Crippen LogP contribution in [-0.4, -0.2) is 29.7 Å². The van der Waals surface area contributed by atoms with Crippen molar-refractivity contribution in [2.24, 2.45) is 0 Å². The number of halogens is 1. The van der Waals surface area contributed by atoms with Crippen LogP contribution in [-0.2, 0) is 16.1 Å². The number of rotatable bonds is 7. The topological polar surface area (TPSA) is 72.4 Å². The minimum atomic E-state index is -0.346. The van der Waals surface area contributed by atoms with E-state index in [1.165, 1.54) is 12.1 Å². The summed E-state index contributed by atoms with van der Waals surface area (Å²) < 4.78 is 19.9. The molecule has 7 heteroatoms. The van der Waals surface area contributed by atoms with E-state index in [9.17, 15) is 14.0 Å². The minimum absolute atomic E-state index is 0.139. The van der Waals surface area contributed by atoms with Gasteiger partial charge in [-0.1, -0.05) is 0 Å². The molecular formula is C19H24FN3O3. The molecule has 0 aliphatic carbocycles. The molecule has 0 atom stereocenters. The van der Waals surface area contributed by atoms with Crippen LogP contribution >= 0.6 is 0 Å². The Morgan fingerprint density at radius 1 is 1.15 bits per heavy atom. The summed E-state index contributed by atoms with van der Waals surface area (Å²) in [4.78, 5) is 23.1. The van der Waals surface area contributed by atoms with Gasteiger partial charge in [0.15, 0.2) is 0 Å². The average Bonchev–Trinajstić information content (AvgIpc) is 2.88. The number of amides is 2. The summed E-state index contributed by atoms with van der Waals surface area (Å²) in [5.41, 5.74) is 3.80. The molecule has 1 aromatic heterocycles. The lowest BCUT2D eigenvalue weighted by Crippen LogP contribution is -2.36. The third-order valence-electron chi connectivity index (χ3n) is 3.98.